The Hall–Kier alpha value is -2.60. The molecule has 22 unspecified atom stereocenters. The standard InChI is InChI=1S/C22H39N3O12S.C16H30N2O10.C5H9NO3S2.CH3Cl/c1-10-16(24-4-15(29)30)18(31)21(13(6-27)35-10)37-22-17(19(32)20(33-2)12(5-26)36-22)25-14(28)3-11(8-38)7-34-9-23;1-6-11(18-3-9(21)22)13(24)15(8(5-20)26-6)28-16-10(17)12(23)14(25-2)7(4-19)27-16;1-3(7)6-4(11-10)2-5(8)9;1-2/h9-13,16-24,26-27,31-32,38H,3-8H2,1-2H3,(H,25,28)(H,29,30);6-8,10-16,18-20,23-24H,3-5,17H2,1-2H3,(H,21,22);4,10H,2H2,1H3,(H,6,7)(H,8,9);1H3. The van der Waals surface area contributed by atoms with Gasteiger partial charge in [0.15, 0.2) is 19.0 Å². The van der Waals surface area contributed by atoms with Gasteiger partial charge in [-0.15, -0.1) is 23.3 Å². The van der Waals surface area contributed by atoms with Gasteiger partial charge in [-0.25, -0.2) is 0 Å². The predicted molar refractivity (Wildman–Crippen MR) is 283 cm³/mol. The summed E-state index contributed by atoms with van der Waals surface area (Å²) in [5.74, 6) is -4.06. The number of rotatable bonds is 27. The number of thiol groups is 2. The molecule has 0 aliphatic carbocycles. The number of aliphatic hydroxyl groups excluding tert-OH is 8. The summed E-state index contributed by atoms with van der Waals surface area (Å²) in [6.07, 6.45) is -15.5. The molecule has 0 spiro atoms. The largest absolute Gasteiger partial charge is 0.483 e. The van der Waals surface area contributed by atoms with Crippen molar-refractivity contribution in [2.24, 2.45) is 11.7 Å². The van der Waals surface area contributed by atoms with E-state index in [0.29, 0.717) is 0 Å². The molecule has 18 N–H and O–H groups in total. The van der Waals surface area contributed by atoms with E-state index >= 15 is 0 Å². The van der Waals surface area contributed by atoms with Gasteiger partial charge in [-0.2, -0.15) is 12.6 Å². The third-order valence-corrected chi connectivity index (χ3v) is 14.3. The molecule has 0 aromatic heterocycles. The maximum Gasteiger partial charge on any atom is 0.317 e. The van der Waals surface area contributed by atoms with Crippen molar-refractivity contribution in [2.45, 2.75) is 161 Å². The number of alkyl halides is 1. The van der Waals surface area contributed by atoms with Gasteiger partial charge in [0.25, 0.3) is 0 Å². The highest BCUT2D eigenvalue weighted by atomic mass is 35.5. The first kappa shape index (κ1) is 74.4. The number of carbonyl (C=O) groups excluding carboxylic acids is 2. The maximum absolute atomic E-state index is 12.9. The monoisotopic (exact) mass is 1220 g/mol. The summed E-state index contributed by atoms with van der Waals surface area (Å²) in [7, 11) is 3.65. The molecule has 35 heteroatoms. The van der Waals surface area contributed by atoms with Crippen LogP contribution in [0.25, 0.3) is 0 Å². The Bertz CT molecular complexity index is 1790. The number of aliphatic carboxylic acids is 3. The molecule has 2 amide bonds. The van der Waals surface area contributed by atoms with Crippen molar-refractivity contribution in [3.05, 3.63) is 0 Å². The molecular weight excluding hydrogens is 1140 g/mol. The molecule has 4 aliphatic rings. The van der Waals surface area contributed by atoms with Gasteiger partial charge in [0.05, 0.1) is 88.3 Å². The van der Waals surface area contributed by atoms with Crippen molar-refractivity contribution in [3.63, 3.8) is 0 Å². The fourth-order valence-corrected chi connectivity index (χ4v) is 9.75. The van der Waals surface area contributed by atoms with Gasteiger partial charge in [-0.05, 0) is 19.6 Å². The molecule has 4 aliphatic heterocycles. The van der Waals surface area contributed by atoms with Crippen LogP contribution in [0.15, 0.2) is 0 Å². The zero-order valence-corrected chi connectivity index (χ0v) is 47.6. The Morgan fingerprint density at radius 2 is 1.10 bits per heavy atom. The molecule has 0 bridgehead atoms. The van der Waals surface area contributed by atoms with E-state index in [1.807, 2.05) is 0 Å². The second-order valence-corrected chi connectivity index (χ2v) is 19.8. The molecule has 0 aromatic rings. The molecule has 0 aromatic carbocycles. The maximum atomic E-state index is 12.9. The Labute approximate surface area is 475 Å². The summed E-state index contributed by atoms with van der Waals surface area (Å²) in [6, 6.07) is -4.00. The molecule has 0 radical (unpaired) electrons. The van der Waals surface area contributed by atoms with E-state index < -0.39 is 191 Å². The van der Waals surface area contributed by atoms with Crippen LogP contribution in [0.4, 0.5) is 0 Å². The van der Waals surface area contributed by atoms with E-state index in [4.69, 9.17) is 69.1 Å². The Balaban J connectivity index is 0.000000664. The van der Waals surface area contributed by atoms with Gasteiger partial charge in [0, 0.05) is 39.9 Å². The van der Waals surface area contributed by atoms with Crippen molar-refractivity contribution in [1.29, 1.82) is 5.41 Å². The normalized spacial score (nSPS) is 35.0. The number of ether oxygens (including phenoxy) is 9. The number of carbonyl (C=O) groups is 5. The van der Waals surface area contributed by atoms with Crippen molar-refractivity contribution in [3.8, 4) is 0 Å². The van der Waals surface area contributed by atoms with E-state index in [1.54, 1.807) is 13.8 Å². The fraction of sp³-hybridized carbons (Fsp3) is 0.864. The van der Waals surface area contributed by atoms with Gasteiger partial charge in [0.1, 0.15) is 79.3 Å². The number of carboxylic acid groups (broad SMARTS) is 3. The molecule has 31 nitrogen and oxygen atoms in total. The number of nitrogens with one attached hydrogen (secondary N) is 5. The summed E-state index contributed by atoms with van der Waals surface area (Å²) < 4.78 is 49.8. The van der Waals surface area contributed by atoms with E-state index in [9.17, 15) is 64.8 Å². The van der Waals surface area contributed by atoms with Crippen LogP contribution in [0, 0.1) is 11.3 Å². The van der Waals surface area contributed by atoms with Crippen molar-refractivity contribution in [1.82, 2.24) is 21.3 Å². The minimum absolute atomic E-state index is 0.0680. The summed E-state index contributed by atoms with van der Waals surface area (Å²) >= 11 is 12.6. The highest BCUT2D eigenvalue weighted by molar-refractivity contribution is 8.68. The quantitative estimate of drug-likeness (QED) is 0.00909. The molecule has 4 rings (SSSR count). The zero-order valence-electron chi connectivity index (χ0n) is 44.2. The SMILES string of the molecule is CC(=O)NC(CC(=O)O)SS.CCl.COC1C(CO)OC(OC2C(CO)OC(C)C(NCC(=O)O)C2O)C(N)C1O.COC1C(CO)OC(OC2C(CO)OC(C)C(NCC(=O)O)C2O)C(NC(=O)CC(CS)COC=N)C1O. The summed E-state index contributed by atoms with van der Waals surface area (Å²) in [5.41, 5.74) is 5.98. The van der Waals surface area contributed by atoms with E-state index in [0.717, 1.165) is 17.2 Å². The van der Waals surface area contributed by atoms with E-state index in [1.165, 1.54) is 27.5 Å². The first-order valence-electron chi connectivity index (χ1n) is 24.4. The predicted octanol–water partition coefficient (Wildman–Crippen LogP) is -5.98. The van der Waals surface area contributed by atoms with Crippen LogP contribution in [-0.2, 0) is 66.6 Å². The third kappa shape index (κ3) is 23.5. The Morgan fingerprint density at radius 1 is 0.684 bits per heavy atom. The number of methoxy groups -OCH3 is 2. The number of nitrogens with two attached hydrogens (primary N) is 1. The second kappa shape index (κ2) is 39.0. The molecule has 79 heavy (non-hydrogen) atoms. The Morgan fingerprint density at radius 3 is 1.48 bits per heavy atom. The average Bonchev–Trinajstić information content (AvgIpc) is 3.41. The van der Waals surface area contributed by atoms with Crippen LogP contribution in [0.1, 0.15) is 33.6 Å². The van der Waals surface area contributed by atoms with Crippen LogP contribution in [0.2, 0.25) is 0 Å². The van der Waals surface area contributed by atoms with Crippen LogP contribution >= 0.6 is 46.7 Å². The molecule has 4 heterocycles. The van der Waals surface area contributed by atoms with Gasteiger partial charge < -0.3 is 115 Å². The number of hydrogen-bond donors (Lipinski definition) is 19. The second-order valence-electron chi connectivity index (χ2n) is 18.0. The summed E-state index contributed by atoms with van der Waals surface area (Å²) in [4.78, 5) is 55.3. The molecule has 0 saturated carbocycles. The molecule has 4 saturated heterocycles. The van der Waals surface area contributed by atoms with Crippen LogP contribution in [-0.4, -0.2) is 292 Å². The number of hydrogen-bond acceptors (Lipinski definition) is 29. The fourth-order valence-electron chi connectivity index (χ4n) is 8.70. The topological polar surface area (TPSA) is 489 Å². The lowest BCUT2D eigenvalue weighted by atomic mass is 9.92. The van der Waals surface area contributed by atoms with Crippen molar-refractivity contribution >= 4 is 82.8 Å². The Kier molecular flexibility index (Phi) is 36.8. The van der Waals surface area contributed by atoms with Gasteiger partial charge in [0.2, 0.25) is 11.8 Å². The molecule has 462 valence electrons. The third-order valence-electron chi connectivity index (χ3n) is 12.5. The van der Waals surface area contributed by atoms with Crippen molar-refractivity contribution in [2.75, 3.05) is 72.5 Å². The average molecular weight is 1230 g/mol. The summed E-state index contributed by atoms with van der Waals surface area (Å²) in [5, 5.41) is 125. The van der Waals surface area contributed by atoms with E-state index in [2.05, 4.69) is 57.2 Å². The smallest absolute Gasteiger partial charge is 0.317 e. The lowest BCUT2D eigenvalue weighted by Gasteiger charge is -2.48. The minimum atomic E-state index is -1.43. The van der Waals surface area contributed by atoms with E-state index in [-0.39, 0.29) is 37.0 Å². The number of aliphatic hydroxyl groups is 8. The van der Waals surface area contributed by atoms with Crippen LogP contribution in [0.5, 0.6) is 0 Å². The van der Waals surface area contributed by atoms with Gasteiger partial charge in [-0.3, -0.25) is 40.0 Å². The summed E-state index contributed by atoms with van der Waals surface area (Å²) in [6.45, 7) is 1.67. The lowest BCUT2D eigenvalue weighted by molar-refractivity contribution is -0.316. The molecular formula is C44H81ClN6O25S3. The highest BCUT2D eigenvalue weighted by Crippen LogP contribution is 2.32. The van der Waals surface area contributed by atoms with Crippen LogP contribution < -0.4 is 27.0 Å². The number of halogens is 1. The van der Waals surface area contributed by atoms with Gasteiger partial charge in [-0.1, -0.05) is 10.8 Å². The first-order chi connectivity index (χ1) is 37.4. The minimum Gasteiger partial charge on any atom is -0.483 e. The molecule has 4 fully saturated rings. The first-order valence-corrected chi connectivity index (χ1v) is 27.7. The van der Waals surface area contributed by atoms with Gasteiger partial charge >= 0.3 is 17.9 Å². The number of amides is 2. The lowest BCUT2D eigenvalue weighted by Crippen LogP contribution is -2.69. The van der Waals surface area contributed by atoms with Crippen LogP contribution in [0.3, 0.4) is 0 Å². The van der Waals surface area contributed by atoms with Crippen molar-refractivity contribution < 1.29 is 123 Å². The number of carboxylic acids is 3. The molecule has 22 atom stereocenters. The zero-order chi connectivity index (χ0) is 60.3. The highest BCUT2D eigenvalue weighted by Gasteiger charge is 2.52.